The van der Waals surface area contributed by atoms with Gasteiger partial charge in [0.15, 0.2) is 0 Å². The van der Waals surface area contributed by atoms with E-state index in [4.69, 9.17) is 11.6 Å². The average molecular weight is 315 g/mol. The largest absolute Gasteiger partial charge is 0.389 e. The van der Waals surface area contributed by atoms with Crippen LogP contribution in [0.3, 0.4) is 0 Å². The minimum absolute atomic E-state index is 0.0709. The maximum Gasteiger partial charge on any atom is 0.313 e. The number of rotatable bonds is 4. The highest BCUT2D eigenvalue weighted by atomic mass is 35.5. The van der Waals surface area contributed by atoms with Gasteiger partial charge in [-0.2, -0.15) is 0 Å². The van der Waals surface area contributed by atoms with Gasteiger partial charge in [-0.1, -0.05) is 11.6 Å². The van der Waals surface area contributed by atoms with Crippen molar-refractivity contribution >= 4 is 23.1 Å². The summed E-state index contributed by atoms with van der Waals surface area (Å²) in [7, 11) is 0. The van der Waals surface area contributed by atoms with Gasteiger partial charge in [0.25, 0.3) is 0 Å². The summed E-state index contributed by atoms with van der Waals surface area (Å²) in [4.78, 5) is 18.8. The Bertz CT molecular complexity index is 525. The number of nitro groups is 1. The second-order valence-corrected chi connectivity index (χ2v) is 6.27. The molecule has 8 heteroatoms. The number of hydrogen-bond acceptors (Lipinski definition) is 6. The lowest BCUT2D eigenvalue weighted by molar-refractivity contribution is -0.384. The van der Waals surface area contributed by atoms with Gasteiger partial charge in [0.05, 0.1) is 15.5 Å². The van der Waals surface area contributed by atoms with Gasteiger partial charge in [-0.05, 0) is 13.8 Å². The molecule has 0 bridgehead atoms. The Labute approximate surface area is 128 Å². The zero-order valence-corrected chi connectivity index (χ0v) is 12.9. The van der Waals surface area contributed by atoms with Gasteiger partial charge in [0, 0.05) is 45.0 Å². The van der Waals surface area contributed by atoms with E-state index in [1.165, 1.54) is 12.3 Å². The van der Waals surface area contributed by atoms with Crippen molar-refractivity contribution in [1.82, 2.24) is 9.88 Å². The Morgan fingerprint density at radius 1 is 1.43 bits per heavy atom. The highest BCUT2D eigenvalue weighted by Gasteiger charge is 2.27. The number of hydrogen-bond donors (Lipinski definition) is 1. The van der Waals surface area contributed by atoms with Crippen LogP contribution in [0, 0.1) is 10.1 Å². The number of β-amino-alcohol motifs (C(OH)–C–C–N with tert-alkyl or cyclic N) is 1. The van der Waals surface area contributed by atoms with E-state index in [1.54, 1.807) is 13.8 Å². The van der Waals surface area contributed by atoms with E-state index in [1.807, 2.05) is 4.90 Å². The molecule has 2 heterocycles. The van der Waals surface area contributed by atoms with Gasteiger partial charge in [-0.3, -0.25) is 15.0 Å². The summed E-state index contributed by atoms with van der Waals surface area (Å²) >= 11 is 5.77. The normalized spacial score (nSPS) is 17.0. The van der Waals surface area contributed by atoms with Crippen LogP contribution in [-0.2, 0) is 0 Å². The first-order valence-corrected chi connectivity index (χ1v) is 7.14. The molecule has 0 radical (unpaired) electrons. The molecular formula is C13H19ClN4O3. The van der Waals surface area contributed by atoms with Crippen LogP contribution in [-0.4, -0.2) is 58.2 Å². The van der Waals surface area contributed by atoms with Crippen LogP contribution in [0.25, 0.3) is 0 Å². The van der Waals surface area contributed by atoms with Gasteiger partial charge in [0.2, 0.25) is 5.82 Å². The third-order valence-corrected chi connectivity index (χ3v) is 3.50. The molecule has 1 saturated heterocycles. The molecule has 1 aromatic rings. The van der Waals surface area contributed by atoms with Crippen molar-refractivity contribution in [3.8, 4) is 0 Å². The number of piperazine rings is 1. The Morgan fingerprint density at radius 2 is 2.05 bits per heavy atom. The number of pyridine rings is 1. The summed E-state index contributed by atoms with van der Waals surface area (Å²) < 4.78 is 0. The van der Waals surface area contributed by atoms with Crippen molar-refractivity contribution in [3.63, 3.8) is 0 Å². The minimum atomic E-state index is -0.743. The zero-order valence-electron chi connectivity index (χ0n) is 12.1. The number of anilines is 1. The van der Waals surface area contributed by atoms with Gasteiger partial charge < -0.3 is 10.0 Å². The maximum absolute atomic E-state index is 11.1. The molecule has 0 aliphatic carbocycles. The van der Waals surface area contributed by atoms with Crippen LogP contribution in [0.5, 0.6) is 0 Å². The molecule has 0 unspecified atom stereocenters. The zero-order chi connectivity index (χ0) is 15.6. The van der Waals surface area contributed by atoms with E-state index < -0.39 is 10.5 Å². The Morgan fingerprint density at radius 3 is 2.57 bits per heavy atom. The molecule has 1 aliphatic heterocycles. The first-order valence-electron chi connectivity index (χ1n) is 6.76. The van der Waals surface area contributed by atoms with Crippen LogP contribution in [0.15, 0.2) is 12.3 Å². The summed E-state index contributed by atoms with van der Waals surface area (Å²) in [6.45, 7) is 6.83. The number of nitrogens with zero attached hydrogens (tertiary/aromatic N) is 4. The molecule has 1 aromatic heterocycles. The summed E-state index contributed by atoms with van der Waals surface area (Å²) in [5.74, 6) is 0.354. The van der Waals surface area contributed by atoms with Crippen molar-refractivity contribution in [2.75, 3.05) is 37.6 Å². The van der Waals surface area contributed by atoms with E-state index in [0.717, 1.165) is 13.1 Å². The fourth-order valence-electron chi connectivity index (χ4n) is 2.46. The molecule has 116 valence electrons. The molecule has 21 heavy (non-hydrogen) atoms. The van der Waals surface area contributed by atoms with E-state index in [0.29, 0.717) is 25.5 Å². The van der Waals surface area contributed by atoms with Crippen molar-refractivity contribution in [2.45, 2.75) is 19.4 Å². The van der Waals surface area contributed by atoms with E-state index in [9.17, 15) is 15.2 Å². The van der Waals surface area contributed by atoms with Crippen LogP contribution in [0.2, 0.25) is 5.02 Å². The lowest BCUT2D eigenvalue weighted by atomic mass is 10.1. The second-order valence-electron chi connectivity index (χ2n) is 5.83. The Hall–Kier alpha value is -1.44. The monoisotopic (exact) mass is 314 g/mol. The van der Waals surface area contributed by atoms with Crippen LogP contribution < -0.4 is 4.90 Å². The Kier molecular flexibility index (Phi) is 4.65. The van der Waals surface area contributed by atoms with E-state index in [2.05, 4.69) is 9.88 Å². The maximum atomic E-state index is 11.1. The SMILES string of the molecule is CC(C)(O)CN1CCN(c2ncc(Cl)cc2[N+](=O)[O-])CC1. The lowest BCUT2D eigenvalue weighted by Gasteiger charge is -2.37. The molecule has 0 aromatic carbocycles. The second kappa shape index (κ2) is 6.13. The van der Waals surface area contributed by atoms with Gasteiger partial charge in [-0.25, -0.2) is 4.98 Å². The molecular weight excluding hydrogens is 296 g/mol. The molecule has 0 atom stereocenters. The van der Waals surface area contributed by atoms with Gasteiger partial charge in [0.1, 0.15) is 0 Å². The summed E-state index contributed by atoms with van der Waals surface area (Å²) in [5.41, 5.74) is -0.814. The number of aromatic nitrogens is 1. The molecule has 7 nitrogen and oxygen atoms in total. The summed E-state index contributed by atoms with van der Waals surface area (Å²) in [5, 5.41) is 21.2. The lowest BCUT2D eigenvalue weighted by Crippen LogP contribution is -2.50. The smallest absolute Gasteiger partial charge is 0.313 e. The molecule has 1 N–H and O–H groups in total. The summed E-state index contributed by atoms with van der Waals surface area (Å²) in [6.07, 6.45) is 1.42. The van der Waals surface area contributed by atoms with Crippen molar-refractivity contribution in [2.24, 2.45) is 0 Å². The molecule has 0 spiro atoms. The van der Waals surface area contributed by atoms with Gasteiger partial charge in [-0.15, -0.1) is 0 Å². The first kappa shape index (κ1) is 15.9. The first-order chi connectivity index (χ1) is 9.76. The van der Waals surface area contributed by atoms with Crippen molar-refractivity contribution in [3.05, 3.63) is 27.4 Å². The third-order valence-electron chi connectivity index (χ3n) is 3.29. The molecule has 2 rings (SSSR count). The Balaban J connectivity index is 2.07. The van der Waals surface area contributed by atoms with Crippen LogP contribution >= 0.6 is 11.6 Å². The summed E-state index contributed by atoms with van der Waals surface area (Å²) in [6, 6.07) is 1.33. The number of halogens is 1. The molecule has 1 fully saturated rings. The van der Waals surface area contributed by atoms with Crippen LogP contribution in [0.4, 0.5) is 11.5 Å². The van der Waals surface area contributed by atoms with Gasteiger partial charge >= 0.3 is 5.69 Å². The molecule has 0 saturated carbocycles. The topological polar surface area (TPSA) is 82.7 Å². The molecule has 1 aliphatic rings. The predicted octanol–water partition coefficient (Wildman–Crippen LogP) is 1.54. The van der Waals surface area contributed by atoms with Crippen molar-refractivity contribution in [1.29, 1.82) is 0 Å². The third kappa shape index (κ3) is 4.26. The van der Waals surface area contributed by atoms with Crippen molar-refractivity contribution < 1.29 is 10.0 Å². The fraction of sp³-hybridized carbons (Fsp3) is 0.615. The standard InChI is InChI=1S/C13H19ClN4O3/c1-13(2,19)9-16-3-5-17(6-4-16)12-11(18(20)21)7-10(14)8-15-12/h7-8,19H,3-6,9H2,1-2H3. The highest BCUT2D eigenvalue weighted by Crippen LogP contribution is 2.29. The average Bonchev–Trinajstić information content (AvgIpc) is 2.38. The highest BCUT2D eigenvalue weighted by molar-refractivity contribution is 6.30. The minimum Gasteiger partial charge on any atom is -0.389 e. The van der Waals surface area contributed by atoms with E-state index >= 15 is 0 Å². The number of aliphatic hydroxyl groups is 1. The van der Waals surface area contributed by atoms with Crippen LogP contribution in [0.1, 0.15) is 13.8 Å². The quantitative estimate of drug-likeness (QED) is 0.670. The fourth-order valence-corrected chi connectivity index (χ4v) is 2.62. The molecule has 0 amide bonds. The van der Waals surface area contributed by atoms with E-state index in [-0.39, 0.29) is 10.7 Å². The predicted molar refractivity (Wildman–Crippen MR) is 80.9 cm³/mol.